The highest BCUT2D eigenvalue weighted by atomic mass is 16.2. The van der Waals surface area contributed by atoms with Crippen molar-refractivity contribution in [2.75, 3.05) is 5.43 Å². The molecule has 18 heavy (non-hydrogen) atoms. The summed E-state index contributed by atoms with van der Waals surface area (Å²) in [5.74, 6) is 5.67. The molecule has 2 rings (SSSR count). The lowest BCUT2D eigenvalue weighted by Gasteiger charge is -2.05. The number of hydrazine groups is 1. The average molecular weight is 250 g/mol. The Hall–Kier alpha value is -2.35. The van der Waals surface area contributed by atoms with Crippen LogP contribution in [0.3, 0.4) is 0 Å². The van der Waals surface area contributed by atoms with Crippen LogP contribution < -0.4 is 22.5 Å². The Morgan fingerprint density at radius 1 is 1.39 bits per heavy atom. The Balaban J connectivity index is 3.04. The van der Waals surface area contributed by atoms with Crippen LogP contribution in [0, 0.1) is 0 Å². The van der Waals surface area contributed by atoms with E-state index in [2.05, 4.69) is 17.0 Å². The maximum Gasteiger partial charge on any atom is 0.332 e. The van der Waals surface area contributed by atoms with Crippen molar-refractivity contribution in [2.24, 2.45) is 19.9 Å². The van der Waals surface area contributed by atoms with Crippen LogP contribution in [0.2, 0.25) is 0 Å². The van der Waals surface area contributed by atoms with Gasteiger partial charge in [0, 0.05) is 20.6 Å². The summed E-state index contributed by atoms with van der Waals surface area (Å²) in [6.45, 7) is 3.98. The van der Waals surface area contributed by atoms with Gasteiger partial charge in [-0.15, -0.1) is 6.58 Å². The van der Waals surface area contributed by atoms with Crippen molar-refractivity contribution >= 4 is 17.1 Å². The molecule has 0 atom stereocenters. The molecule has 0 saturated carbocycles. The van der Waals surface area contributed by atoms with Gasteiger partial charge in [-0.2, -0.15) is 4.98 Å². The van der Waals surface area contributed by atoms with Gasteiger partial charge in [0.05, 0.1) is 0 Å². The number of nitrogens with one attached hydrogen (secondary N) is 1. The van der Waals surface area contributed by atoms with Crippen molar-refractivity contribution in [3.8, 4) is 0 Å². The van der Waals surface area contributed by atoms with Crippen LogP contribution in [0.4, 0.5) is 5.95 Å². The SMILES string of the molecule is C=CCn1c(NN)nc2c1c(=O)n(C)c(=O)n2C. The molecule has 2 aromatic heterocycles. The van der Waals surface area contributed by atoms with Gasteiger partial charge in [-0.05, 0) is 0 Å². The van der Waals surface area contributed by atoms with Gasteiger partial charge >= 0.3 is 5.69 Å². The maximum absolute atomic E-state index is 12.1. The molecule has 0 spiro atoms. The molecule has 2 heterocycles. The Morgan fingerprint density at radius 2 is 2.06 bits per heavy atom. The molecule has 0 aliphatic rings. The highest BCUT2D eigenvalue weighted by Gasteiger charge is 2.17. The average Bonchev–Trinajstić information content (AvgIpc) is 2.73. The van der Waals surface area contributed by atoms with E-state index in [0.717, 1.165) is 4.57 Å². The molecule has 0 aromatic carbocycles. The lowest BCUT2D eigenvalue weighted by Crippen LogP contribution is -2.37. The number of aromatic nitrogens is 4. The van der Waals surface area contributed by atoms with Crippen molar-refractivity contribution in [1.82, 2.24) is 18.7 Å². The summed E-state index contributed by atoms with van der Waals surface area (Å²) in [5.41, 5.74) is 2.16. The first-order chi connectivity index (χ1) is 8.52. The summed E-state index contributed by atoms with van der Waals surface area (Å²) < 4.78 is 3.91. The largest absolute Gasteiger partial charge is 0.332 e. The summed E-state index contributed by atoms with van der Waals surface area (Å²) in [6.07, 6.45) is 1.62. The number of imidazole rings is 1. The summed E-state index contributed by atoms with van der Waals surface area (Å²) in [4.78, 5) is 28.0. The third kappa shape index (κ3) is 1.46. The number of aryl methyl sites for hydroxylation is 1. The molecule has 0 aliphatic carbocycles. The van der Waals surface area contributed by atoms with Gasteiger partial charge in [-0.25, -0.2) is 10.6 Å². The number of hydrogen-bond donors (Lipinski definition) is 2. The number of allylic oxidation sites excluding steroid dienone is 1. The zero-order valence-corrected chi connectivity index (χ0v) is 10.2. The van der Waals surface area contributed by atoms with Gasteiger partial charge in [-0.1, -0.05) is 6.08 Å². The van der Waals surface area contributed by atoms with Gasteiger partial charge in [0.1, 0.15) is 0 Å². The molecule has 2 aromatic rings. The van der Waals surface area contributed by atoms with Crippen molar-refractivity contribution in [3.05, 3.63) is 33.5 Å². The molecule has 0 unspecified atom stereocenters. The molecule has 8 nitrogen and oxygen atoms in total. The van der Waals surface area contributed by atoms with Gasteiger partial charge in [0.2, 0.25) is 5.95 Å². The number of fused-ring (bicyclic) bond motifs is 1. The predicted octanol–water partition coefficient (Wildman–Crippen LogP) is -1.09. The summed E-state index contributed by atoms with van der Waals surface area (Å²) in [6, 6.07) is 0. The second-order valence-corrected chi connectivity index (χ2v) is 3.86. The molecule has 0 aliphatic heterocycles. The van der Waals surface area contributed by atoms with E-state index < -0.39 is 11.2 Å². The Kier molecular flexibility index (Phi) is 2.79. The first-order valence-electron chi connectivity index (χ1n) is 5.26. The smallest absolute Gasteiger partial charge is 0.299 e. The summed E-state index contributed by atoms with van der Waals surface area (Å²) >= 11 is 0. The van der Waals surface area contributed by atoms with E-state index in [1.807, 2.05) is 0 Å². The van der Waals surface area contributed by atoms with E-state index in [-0.39, 0.29) is 5.65 Å². The van der Waals surface area contributed by atoms with Crippen LogP contribution in [-0.2, 0) is 20.6 Å². The Bertz CT molecular complexity index is 735. The monoisotopic (exact) mass is 250 g/mol. The lowest BCUT2D eigenvalue weighted by molar-refractivity contribution is 0.703. The molecular formula is C10H14N6O2. The van der Waals surface area contributed by atoms with Crippen LogP contribution in [0.1, 0.15) is 0 Å². The van der Waals surface area contributed by atoms with Crippen LogP contribution in [0.25, 0.3) is 11.2 Å². The molecular weight excluding hydrogens is 236 g/mol. The van der Waals surface area contributed by atoms with Crippen LogP contribution >= 0.6 is 0 Å². The fraction of sp³-hybridized carbons (Fsp3) is 0.300. The number of anilines is 1. The number of hydrogen-bond acceptors (Lipinski definition) is 5. The van der Waals surface area contributed by atoms with E-state index in [0.29, 0.717) is 18.0 Å². The molecule has 0 saturated heterocycles. The second-order valence-electron chi connectivity index (χ2n) is 3.86. The molecule has 8 heteroatoms. The fourth-order valence-corrected chi connectivity index (χ4v) is 1.86. The Morgan fingerprint density at radius 3 is 2.61 bits per heavy atom. The predicted molar refractivity (Wildman–Crippen MR) is 68.2 cm³/mol. The third-order valence-electron chi connectivity index (χ3n) is 2.79. The van der Waals surface area contributed by atoms with Gasteiger partial charge in [0.25, 0.3) is 5.56 Å². The minimum absolute atomic E-state index is 0.290. The van der Waals surface area contributed by atoms with Crippen molar-refractivity contribution in [1.29, 1.82) is 0 Å². The van der Waals surface area contributed by atoms with Crippen LogP contribution in [-0.4, -0.2) is 18.7 Å². The number of nitrogens with two attached hydrogens (primary N) is 1. The molecule has 0 bridgehead atoms. The molecule has 3 N–H and O–H groups in total. The quantitative estimate of drug-likeness (QED) is 0.409. The number of rotatable bonds is 3. The molecule has 0 fully saturated rings. The van der Waals surface area contributed by atoms with E-state index >= 15 is 0 Å². The molecule has 0 amide bonds. The maximum atomic E-state index is 12.1. The van der Waals surface area contributed by atoms with Crippen molar-refractivity contribution in [3.63, 3.8) is 0 Å². The molecule has 0 radical (unpaired) electrons. The fourth-order valence-electron chi connectivity index (χ4n) is 1.86. The zero-order valence-electron chi connectivity index (χ0n) is 10.2. The number of nitrogen functional groups attached to an aromatic ring is 1. The van der Waals surface area contributed by atoms with Gasteiger partial charge < -0.3 is 0 Å². The lowest BCUT2D eigenvalue weighted by atomic mass is 10.5. The van der Waals surface area contributed by atoms with Gasteiger partial charge in [0.15, 0.2) is 11.2 Å². The highest BCUT2D eigenvalue weighted by molar-refractivity contribution is 5.74. The first-order valence-corrected chi connectivity index (χ1v) is 5.26. The normalized spacial score (nSPS) is 10.8. The zero-order chi connectivity index (χ0) is 13.4. The van der Waals surface area contributed by atoms with E-state index in [1.165, 1.54) is 11.6 Å². The van der Waals surface area contributed by atoms with Crippen molar-refractivity contribution < 1.29 is 0 Å². The van der Waals surface area contributed by atoms with E-state index in [1.54, 1.807) is 17.7 Å². The standard InChI is InChI=1S/C10H14N6O2/c1-4-5-16-6-7(12-9(16)13-11)14(2)10(18)15(3)8(6)17/h4H,1,5,11H2,2-3H3,(H,12,13). The van der Waals surface area contributed by atoms with E-state index in [9.17, 15) is 9.59 Å². The minimum Gasteiger partial charge on any atom is -0.299 e. The van der Waals surface area contributed by atoms with Crippen molar-refractivity contribution in [2.45, 2.75) is 6.54 Å². The summed E-state index contributed by atoms with van der Waals surface area (Å²) in [5, 5.41) is 0. The topological polar surface area (TPSA) is 99.9 Å². The Labute approximate surface area is 102 Å². The molecule has 96 valence electrons. The summed E-state index contributed by atoms with van der Waals surface area (Å²) in [7, 11) is 2.97. The second kappa shape index (κ2) is 4.15. The highest BCUT2D eigenvalue weighted by Crippen LogP contribution is 2.14. The number of nitrogens with zero attached hydrogens (tertiary/aromatic N) is 4. The van der Waals surface area contributed by atoms with Crippen LogP contribution in [0.15, 0.2) is 22.2 Å². The van der Waals surface area contributed by atoms with Crippen LogP contribution in [0.5, 0.6) is 0 Å². The third-order valence-corrected chi connectivity index (χ3v) is 2.79. The minimum atomic E-state index is -0.431. The van der Waals surface area contributed by atoms with Gasteiger partial charge in [-0.3, -0.25) is 23.9 Å². The van der Waals surface area contributed by atoms with E-state index in [4.69, 9.17) is 5.84 Å². The first kappa shape index (κ1) is 12.1.